The lowest BCUT2D eigenvalue weighted by molar-refractivity contribution is 0.0980. The molecular formula is C12H15NO. The molecule has 1 aromatic carbocycles. The number of benzene rings is 1. The van der Waals surface area contributed by atoms with Gasteiger partial charge in [-0.15, -0.1) is 0 Å². The molecule has 1 N–H and O–H groups in total. The predicted octanol–water partition coefficient (Wildman–Crippen LogP) is 2.86. The number of rotatable bonds is 0. The van der Waals surface area contributed by atoms with Gasteiger partial charge in [-0.05, 0) is 25.0 Å². The first kappa shape index (κ1) is 9.25. The van der Waals surface area contributed by atoms with Crippen molar-refractivity contribution in [3.05, 3.63) is 29.8 Å². The number of hydrogen-bond acceptors (Lipinski definition) is 2. The minimum Gasteiger partial charge on any atom is -0.384 e. The molecule has 2 heteroatoms. The highest BCUT2D eigenvalue weighted by molar-refractivity contribution is 6.01. The number of carbonyl (C=O) groups is 1. The third-order valence-corrected chi connectivity index (χ3v) is 2.62. The molecule has 0 saturated carbocycles. The van der Waals surface area contributed by atoms with E-state index >= 15 is 0 Å². The minimum absolute atomic E-state index is 0.273. The summed E-state index contributed by atoms with van der Waals surface area (Å²) in [5.74, 6) is 0.273. The van der Waals surface area contributed by atoms with Gasteiger partial charge in [0.25, 0.3) is 0 Å². The van der Waals surface area contributed by atoms with Crippen molar-refractivity contribution in [1.29, 1.82) is 0 Å². The van der Waals surface area contributed by atoms with E-state index in [4.69, 9.17) is 0 Å². The standard InChI is InChI=1S/C12H15NO/c14-12-8-2-1-5-9-13-11-7-4-3-6-10(11)12/h3-4,6-7,13H,1-2,5,8-9H2. The molecule has 0 unspecified atom stereocenters. The minimum atomic E-state index is 0.273. The highest BCUT2D eigenvalue weighted by Gasteiger charge is 2.11. The third-order valence-electron chi connectivity index (χ3n) is 2.62. The van der Waals surface area contributed by atoms with E-state index in [2.05, 4.69) is 5.32 Å². The van der Waals surface area contributed by atoms with Gasteiger partial charge in [0.1, 0.15) is 0 Å². The first-order valence-corrected chi connectivity index (χ1v) is 5.24. The van der Waals surface area contributed by atoms with Gasteiger partial charge < -0.3 is 5.32 Å². The van der Waals surface area contributed by atoms with Gasteiger partial charge in [-0.1, -0.05) is 18.6 Å². The van der Waals surface area contributed by atoms with Crippen LogP contribution in [0.15, 0.2) is 24.3 Å². The molecule has 0 amide bonds. The summed E-state index contributed by atoms with van der Waals surface area (Å²) < 4.78 is 0. The highest BCUT2D eigenvalue weighted by Crippen LogP contribution is 2.20. The Balaban J connectivity index is 2.30. The van der Waals surface area contributed by atoms with Crippen LogP contribution >= 0.6 is 0 Å². The Labute approximate surface area is 84.3 Å². The molecule has 14 heavy (non-hydrogen) atoms. The number of anilines is 1. The van der Waals surface area contributed by atoms with Crippen LogP contribution in [0, 0.1) is 0 Å². The van der Waals surface area contributed by atoms with Crippen molar-refractivity contribution in [3.63, 3.8) is 0 Å². The fraction of sp³-hybridized carbons (Fsp3) is 0.417. The molecule has 0 fully saturated rings. The molecule has 2 nitrogen and oxygen atoms in total. The van der Waals surface area contributed by atoms with Crippen LogP contribution in [-0.2, 0) is 0 Å². The number of hydrogen-bond donors (Lipinski definition) is 1. The van der Waals surface area contributed by atoms with Crippen LogP contribution in [0.2, 0.25) is 0 Å². The Morgan fingerprint density at radius 2 is 1.93 bits per heavy atom. The zero-order valence-corrected chi connectivity index (χ0v) is 8.25. The molecule has 2 rings (SSSR count). The van der Waals surface area contributed by atoms with Crippen molar-refractivity contribution in [3.8, 4) is 0 Å². The van der Waals surface area contributed by atoms with Crippen molar-refractivity contribution in [1.82, 2.24) is 0 Å². The van der Waals surface area contributed by atoms with Crippen LogP contribution in [0.5, 0.6) is 0 Å². The quantitative estimate of drug-likeness (QED) is 0.680. The Morgan fingerprint density at radius 3 is 2.86 bits per heavy atom. The van der Waals surface area contributed by atoms with Gasteiger partial charge in [-0.3, -0.25) is 4.79 Å². The van der Waals surface area contributed by atoms with Gasteiger partial charge in [-0.25, -0.2) is 0 Å². The number of fused-ring (bicyclic) bond motifs is 1. The van der Waals surface area contributed by atoms with Crippen LogP contribution < -0.4 is 5.32 Å². The fourth-order valence-electron chi connectivity index (χ4n) is 1.83. The van der Waals surface area contributed by atoms with E-state index in [9.17, 15) is 4.79 Å². The molecule has 0 saturated heterocycles. The van der Waals surface area contributed by atoms with Crippen LogP contribution in [0.25, 0.3) is 0 Å². The first-order valence-electron chi connectivity index (χ1n) is 5.24. The fourth-order valence-corrected chi connectivity index (χ4v) is 1.83. The van der Waals surface area contributed by atoms with Crippen molar-refractivity contribution in [2.45, 2.75) is 25.7 Å². The second-order valence-corrected chi connectivity index (χ2v) is 3.71. The molecule has 1 aliphatic rings. The van der Waals surface area contributed by atoms with Gasteiger partial charge in [-0.2, -0.15) is 0 Å². The average Bonchev–Trinajstić information content (AvgIpc) is 2.30. The summed E-state index contributed by atoms with van der Waals surface area (Å²) in [4.78, 5) is 11.8. The number of Topliss-reactive ketones (excluding diaryl/α,β-unsaturated/α-hetero) is 1. The van der Waals surface area contributed by atoms with Gasteiger partial charge in [0.15, 0.2) is 5.78 Å². The van der Waals surface area contributed by atoms with E-state index in [-0.39, 0.29) is 5.78 Å². The number of para-hydroxylation sites is 1. The second kappa shape index (κ2) is 4.27. The summed E-state index contributed by atoms with van der Waals surface area (Å²) >= 11 is 0. The molecule has 0 bridgehead atoms. The van der Waals surface area contributed by atoms with Gasteiger partial charge in [0.05, 0.1) is 0 Å². The normalized spacial score (nSPS) is 17.3. The molecule has 1 heterocycles. The van der Waals surface area contributed by atoms with Crippen molar-refractivity contribution < 1.29 is 4.79 Å². The summed E-state index contributed by atoms with van der Waals surface area (Å²) in [5, 5.41) is 3.31. The summed E-state index contributed by atoms with van der Waals surface area (Å²) in [6.45, 7) is 0.976. The summed E-state index contributed by atoms with van der Waals surface area (Å²) in [7, 11) is 0. The molecule has 1 aliphatic heterocycles. The maximum absolute atomic E-state index is 11.8. The number of carbonyl (C=O) groups excluding carboxylic acids is 1. The smallest absolute Gasteiger partial charge is 0.164 e. The molecule has 1 aromatic rings. The van der Waals surface area contributed by atoms with Crippen molar-refractivity contribution >= 4 is 11.5 Å². The summed E-state index contributed by atoms with van der Waals surface area (Å²) in [5.41, 5.74) is 1.86. The van der Waals surface area contributed by atoms with Crippen LogP contribution in [0.3, 0.4) is 0 Å². The molecular weight excluding hydrogens is 174 g/mol. The van der Waals surface area contributed by atoms with Crippen LogP contribution in [-0.4, -0.2) is 12.3 Å². The molecule has 74 valence electrons. The van der Waals surface area contributed by atoms with Gasteiger partial charge in [0, 0.05) is 24.2 Å². The third kappa shape index (κ3) is 1.95. The lowest BCUT2D eigenvalue weighted by Crippen LogP contribution is -2.05. The van der Waals surface area contributed by atoms with E-state index in [1.165, 1.54) is 0 Å². The Kier molecular flexibility index (Phi) is 2.82. The van der Waals surface area contributed by atoms with E-state index in [0.29, 0.717) is 6.42 Å². The Morgan fingerprint density at radius 1 is 1.07 bits per heavy atom. The van der Waals surface area contributed by atoms with E-state index in [1.54, 1.807) is 0 Å². The SMILES string of the molecule is O=C1CCCCCNc2ccccc21. The molecule has 0 atom stereocenters. The molecule has 0 aliphatic carbocycles. The molecule has 0 spiro atoms. The topological polar surface area (TPSA) is 29.1 Å². The lowest BCUT2D eigenvalue weighted by atomic mass is 10.0. The maximum atomic E-state index is 11.8. The summed E-state index contributed by atoms with van der Waals surface area (Å²) in [6, 6.07) is 7.79. The van der Waals surface area contributed by atoms with E-state index in [0.717, 1.165) is 37.1 Å². The van der Waals surface area contributed by atoms with E-state index < -0.39 is 0 Å². The number of ketones is 1. The van der Waals surface area contributed by atoms with Gasteiger partial charge >= 0.3 is 0 Å². The molecule has 0 radical (unpaired) electrons. The predicted molar refractivity (Wildman–Crippen MR) is 57.7 cm³/mol. The van der Waals surface area contributed by atoms with Gasteiger partial charge in [0.2, 0.25) is 0 Å². The largest absolute Gasteiger partial charge is 0.384 e. The highest BCUT2D eigenvalue weighted by atomic mass is 16.1. The second-order valence-electron chi connectivity index (χ2n) is 3.71. The number of nitrogens with one attached hydrogen (secondary N) is 1. The van der Waals surface area contributed by atoms with Crippen molar-refractivity contribution in [2.24, 2.45) is 0 Å². The Bertz CT molecular complexity index is 333. The van der Waals surface area contributed by atoms with Crippen molar-refractivity contribution in [2.75, 3.05) is 11.9 Å². The van der Waals surface area contributed by atoms with Crippen LogP contribution in [0.4, 0.5) is 5.69 Å². The van der Waals surface area contributed by atoms with Crippen LogP contribution in [0.1, 0.15) is 36.0 Å². The monoisotopic (exact) mass is 189 g/mol. The maximum Gasteiger partial charge on any atom is 0.164 e. The average molecular weight is 189 g/mol. The first-order chi connectivity index (χ1) is 6.88. The zero-order valence-electron chi connectivity index (χ0n) is 8.25. The lowest BCUT2D eigenvalue weighted by Gasteiger charge is -2.08. The molecule has 0 aromatic heterocycles. The Hall–Kier alpha value is -1.31. The zero-order chi connectivity index (χ0) is 9.80. The summed E-state index contributed by atoms with van der Waals surface area (Å²) in [6.07, 6.45) is 4.02. The van der Waals surface area contributed by atoms with E-state index in [1.807, 2.05) is 24.3 Å².